The number of halogens is 1. The predicted octanol–water partition coefficient (Wildman–Crippen LogP) is -1.17. The second-order valence-corrected chi connectivity index (χ2v) is 31.0. The summed E-state index contributed by atoms with van der Waals surface area (Å²) in [5.74, 6) is -15.1. The second-order valence-electron chi connectivity index (χ2n) is 26.1. The number of hydrogen-bond donors (Lipinski definition) is 16. The molecule has 0 aromatic heterocycles. The van der Waals surface area contributed by atoms with Crippen molar-refractivity contribution in [3.8, 4) is 0 Å². The number of rotatable bonds is 42. The van der Waals surface area contributed by atoms with E-state index in [1.54, 1.807) is 31.7 Å². The van der Waals surface area contributed by atoms with Gasteiger partial charge in [-0.25, -0.2) is 24.0 Å². The maximum absolute atomic E-state index is 17.1. The fourth-order valence-electron chi connectivity index (χ4n) is 11.1. The van der Waals surface area contributed by atoms with E-state index in [9.17, 15) is 108 Å². The largest absolute Gasteiger partial charge is 0.481 e. The Labute approximate surface area is 573 Å². The smallest absolute Gasteiger partial charge is 0.326 e. The monoisotopic (exact) mass is 1430 g/mol. The minimum Gasteiger partial charge on any atom is -0.481 e. The number of carboxylic acids is 8. The highest BCUT2D eigenvalue weighted by Crippen LogP contribution is 2.51. The molecule has 8 amide bonds. The first-order chi connectivity index (χ1) is 46.2. The van der Waals surface area contributed by atoms with Crippen molar-refractivity contribution in [2.75, 3.05) is 98.2 Å². The molecule has 1 fully saturated rings. The van der Waals surface area contributed by atoms with Gasteiger partial charge in [-0.15, -0.1) is 0 Å². The Balaban J connectivity index is 2.09. The Bertz CT molecular complexity index is 2910. The molecular formula is C62H99FN12O23Si. The normalized spacial score (nSPS) is 15.5. The van der Waals surface area contributed by atoms with E-state index in [1.165, 1.54) is 12.1 Å². The molecule has 0 spiro atoms. The highest BCUT2D eigenvalue weighted by atomic mass is 28.4. The van der Waals surface area contributed by atoms with Crippen LogP contribution in [0.4, 0.5) is 8.90 Å². The van der Waals surface area contributed by atoms with Crippen LogP contribution in [0.3, 0.4) is 0 Å². The van der Waals surface area contributed by atoms with Gasteiger partial charge in [-0.1, -0.05) is 53.7 Å². The Morgan fingerprint density at radius 2 is 0.778 bits per heavy atom. The van der Waals surface area contributed by atoms with Crippen molar-refractivity contribution in [3.63, 3.8) is 0 Å². The van der Waals surface area contributed by atoms with Crippen molar-refractivity contribution < 1.29 is 117 Å². The van der Waals surface area contributed by atoms with E-state index < -0.39 is 170 Å². The van der Waals surface area contributed by atoms with Crippen LogP contribution in [-0.4, -0.2) is 286 Å². The zero-order valence-electron chi connectivity index (χ0n) is 56.9. The van der Waals surface area contributed by atoms with Gasteiger partial charge in [0, 0.05) is 103 Å². The number of carbonyl (C=O) groups excluding carboxylic acids is 7. The molecule has 1 aliphatic rings. The van der Waals surface area contributed by atoms with Crippen molar-refractivity contribution in [2.24, 2.45) is 0 Å². The SMILES string of the molecule is CC(C)(C)[Si](F)(c1ccc(C(=O)NCC[C@H](NC(=O)CN2CCN(CC(=O)O)CCN(CC(=O)O)CCN(CC(=O)O)CC2)C(=O)N[C@H](CCCCNC(=O)CCC(=O)NCCC[C@H](NC(=O)CC[C@H](NC(=O)N[C@@H](CCCC(=O)O)C(=O)O)C(=O)O)C(=O)O)C(=O)O)cc1)C(C)(C)C. The van der Waals surface area contributed by atoms with Crippen molar-refractivity contribution in [3.05, 3.63) is 29.8 Å². The molecule has 0 unspecified atom stereocenters. The number of amides is 8. The standard InChI is InChI=1S/C62H99FN12O23Si/c1-61(2,3)99(63,62(4,5)6)40-17-15-39(16-18-40)54(88)66-26-23-41(67-49(79)35-72-27-29-73(36-51(82)83)31-33-75(38-53(86)87)34-32-74(30-28-72)37-52(84)85)55(89)69-43(57(92)93)11-7-8-24-64-46(76)21-22-47(77)65-25-10-13-42(56(90)91)68-48(78)20-19-45(59(96)97)71-60(98)70-44(58(94)95)12-9-14-50(80)81/h15-18,41-45H,7-14,19-38H2,1-6H3,(H,64,76)(H,65,77)(H,66,88)(H,67,79)(H,68,78)(H,69,89)(H,80,81)(H,82,83)(H,84,85)(H,86,87)(H,90,91)(H,92,93)(H,94,95)(H,96,97)(H2,70,71,98)/t41-,42-,43+,44-,45-/m0/s1. The minimum atomic E-state index is -3.69. The van der Waals surface area contributed by atoms with Gasteiger partial charge >= 0.3 is 53.8 Å². The van der Waals surface area contributed by atoms with Crippen molar-refractivity contribution >= 4 is 103 Å². The average molecular weight is 1430 g/mol. The van der Waals surface area contributed by atoms with Crippen LogP contribution < -0.4 is 47.7 Å². The molecule has 2 rings (SSSR count). The molecule has 37 heteroatoms. The van der Waals surface area contributed by atoms with Crippen LogP contribution in [0, 0.1) is 0 Å². The van der Waals surface area contributed by atoms with Gasteiger partial charge in [0.15, 0.2) is 0 Å². The van der Waals surface area contributed by atoms with Gasteiger partial charge in [-0.3, -0.25) is 67.5 Å². The van der Waals surface area contributed by atoms with Crippen LogP contribution in [0.15, 0.2) is 24.3 Å². The summed E-state index contributed by atoms with van der Waals surface area (Å²) >= 11 is 0. The van der Waals surface area contributed by atoms with Crippen molar-refractivity contribution in [2.45, 2.75) is 165 Å². The molecule has 0 bridgehead atoms. The number of benzene rings is 1. The number of carbonyl (C=O) groups is 15. The number of nitrogens with zero attached hydrogens (tertiary/aromatic N) is 4. The van der Waals surface area contributed by atoms with Crippen LogP contribution in [-0.2, 0) is 62.3 Å². The lowest BCUT2D eigenvalue weighted by Gasteiger charge is -2.44. The second kappa shape index (κ2) is 42.8. The van der Waals surface area contributed by atoms with Crippen LogP contribution >= 0.6 is 0 Å². The summed E-state index contributed by atoms with van der Waals surface area (Å²) in [6.07, 6.45) is -2.81. The maximum Gasteiger partial charge on any atom is 0.326 e. The van der Waals surface area contributed by atoms with Gasteiger partial charge in [-0.05, 0) is 85.2 Å². The predicted molar refractivity (Wildman–Crippen MR) is 353 cm³/mol. The Morgan fingerprint density at radius 3 is 1.20 bits per heavy atom. The van der Waals surface area contributed by atoms with Crippen LogP contribution in [0.5, 0.6) is 0 Å². The van der Waals surface area contributed by atoms with E-state index in [2.05, 4.69) is 31.9 Å². The van der Waals surface area contributed by atoms with Gasteiger partial charge in [-0.2, -0.15) is 0 Å². The summed E-state index contributed by atoms with van der Waals surface area (Å²) in [5.41, 5.74) is 0.168. The molecule has 0 radical (unpaired) electrons. The molecular weight excluding hydrogens is 1330 g/mol. The van der Waals surface area contributed by atoms with Gasteiger partial charge in [0.1, 0.15) is 30.2 Å². The first-order valence-electron chi connectivity index (χ1n) is 32.5. The van der Waals surface area contributed by atoms with E-state index in [4.69, 9.17) is 5.11 Å². The Hall–Kier alpha value is -8.94. The molecule has 1 aromatic carbocycles. The van der Waals surface area contributed by atoms with Crippen LogP contribution in [0.1, 0.15) is 135 Å². The summed E-state index contributed by atoms with van der Waals surface area (Å²) in [4.78, 5) is 192. The third-order valence-corrected chi connectivity index (χ3v) is 21.4. The van der Waals surface area contributed by atoms with E-state index in [-0.39, 0.29) is 155 Å². The number of unbranched alkanes of at least 4 members (excludes halogenated alkanes) is 1. The summed E-state index contributed by atoms with van der Waals surface area (Å²) in [5, 5.41) is 94.6. The van der Waals surface area contributed by atoms with Crippen LogP contribution in [0.2, 0.25) is 10.1 Å². The number of hydrogen-bond acceptors (Lipinski definition) is 19. The molecule has 5 atom stereocenters. The molecule has 35 nitrogen and oxygen atoms in total. The zero-order valence-corrected chi connectivity index (χ0v) is 57.9. The Morgan fingerprint density at radius 1 is 0.394 bits per heavy atom. The highest BCUT2D eigenvalue weighted by molar-refractivity contribution is 6.90. The highest BCUT2D eigenvalue weighted by Gasteiger charge is 2.56. The summed E-state index contributed by atoms with van der Waals surface area (Å²) in [7, 11) is -3.69. The van der Waals surface area contributed by atoms with Crippen LogP contribution in [0.25, 0.3) is 0 Å². The molecule has 0 saturated carbocycles. The molecule has 1 saturated heterocycles. The summed E-state index contributed by atoms with van der Waals surface area (Å²) in [6, 6.07) is -2.84. The number of aliphatic carboxylic acids is 8. The average Bonchev–Trinajstić information content (AvgIpc) is 0.749. The van der Waals surface area contributed by atoms with Gasteiger partial charge in [0.2, 0.25) is 29.5 Å². The Kier molecular flexibility index (Phi) is 37.2. The number of urea groups is 1. The number of carboxylic acid groups (broad SMARTS) is 8. The number of nitrogens with one attached hydrogen (secondary N) is 8. The third kappa shape index (κ3) is 33.4. The van der Waals surface area contributed by atoms with Crippen molar-refractivity contribution in [1.29, 1.82) is 0 Å². The minimum absolute atomic E-state index is 0.0172. The summed E-state index contributed by atoms with van der Waals surface area (Å²) < 4.78 is 17.1. The van der Waals surface area contributed by atoms with Crippen molar-refractivity contribution in [1.82, 2.24) is 62.1 Å². The first kappa shape index (κ1) is 86.1. The van der Waals surface area contributed by atoms with Gasteiger partial charge in [0.25, 0.3) is 14.3 Å². The molecule has 0 aliphatic carbocycles. The fraction of sp³-hybridized carbons (Fsp3) is 0.661. The lowest BCUT2D eigenvalue weighted by Crippen LogP contribution is -2.57. The third-order valence-electron chi connectivity index (χ3n) is 16.2. The van der Waals surface area contributed by atoms with Gasteiger partial charge < -0.3 is 87.5 Å². The molecule has 1 heterocycles. The molecule has 16 N–H and O–H groups in total. The first-order valence-corrected chi connectivity index (χ1v) is 34.4. The van der Waals surface area contributed by atoms with E-state index in [1.807, 2.05) is 52.2 Å². The van der Waals surface area contributed by atoms with E-state index in [0.717, 1.165) is 0 Å². The lowest BCUT2D eigenvalue weighted by atomic mass is 10.1. The lowest BCUT2D eigenvalue weighted by molar-refractivity contribution is -0.142. The molecule has 556 valence electrons. The fourth-order valence-corrected chi connectivity index (χ4v) is 15.7. The quantitative estimate of drug-likeness (QED) is 0.0208. The topological polar surface area (TPSA) is 527 Å². The zero-order chi connectivity index (χ0) is 74.8. The maximum atomic E-state index is 17.1. The van der Waals surface area contributed by atoms with E-state index in [0.29, 0.717) is 5.19 Å². The van der Waals surface area contributed by atoms with E-state index >= 15 is 4.11 Å². The summed E-state index contributed by atoms with van der Waals surface area (Å²) in [6.45, 7) is 9.72. The molecule has 1 aliphatic heterocycles. The molecule has 1 aromatic rings. The van der Waals surface area contributed by atoms with Gasteiger partial charge in [0.05, 0.1) is 26.2 Å². The molecule has 99 heavy (non-hydrogen) atoms.